The molecule has 0 aromatic heterocycles. The highest BCUT2D eigenvalue weighted by Gasteiger charge is 2.41. The summed E-state index contributed by atoms with van der Waals surface area (Å²) in [7, 11) is 3.23. The quantitative estimate of drug-likeness (QED) is 0.370. The predicted molar refractivity (Wildman–Crippen MR) is 158 cm³/mol. The van der Waals surface area contributed by atoms with Crippen LogP contribution in [0.3, 0.4) is 0 Å². The Bertz CT molecular complexity index is 1570. The zero-order chi connectivity index (χ0) is 28.6. The van der Waals surface area contributed by atoms with Crippen molar-refractivity contribution in [2.75, 3.05) is 19.5 Å². The van der Waals surface area contributed by atoms with Gasteiger partial charge in [-0.05, 0) is 80.5 Å². The average molecular weight is 537 g/mol. The predicted octanol–water partition coefficient (Wildman–Crippen LogP) is 6.63. The number of para-hydroxylation sites is 1. The van der Waals surface area contributed by atoms with Crippen LogP contribution < -0.4 is 20.1 Å². The lowest BCUT2D eigenvalue weighted by molar-refractivity contribution is -0.116. The fourth-order valence-electron chi connectivity index (χ4n) is 5.97. The number of carbonyl (C=O) groups is 2. The van der Waals surface area contributed by atoms with Crippen molar-refractivity contribution < 1.29 is 19.1 Å². The normalized spacial score (nSPS) is 18.7. The molecule has 3 aromatic rings. The minimum Gasteiger partial charge on any atom is -0.493 e. The topological polar surface area (TPSA) is 76.7 Å². The van der Waals surface area contributed by atoms with Crippen molar-refractivity contribution in [3.05, 3.63) is 111 Å². The molecule has 206 valence electrons. The lowest BCUT2D eigenvalue weighted by Gasteiger charge is -2.37. The van der Waals surface area contributed by atoms with Crippen molar-refractivity contribution in [3.63, 3.8) is 0 Å². The maximum atomic E-state index is 14.0. The van der Waals surface area contributed by atoms with Crippen LogP contribution in [-0.4, -0.2) is 25.9 Å². The van der Waals surface area contributed by atoms with Crippen molar-refractivity contribution >= 4 is 17.4 Å². The van der Waals surface area contributed by atoms with Crippen LogP contribution in [0.2, 0.25) is 0 Å². The standard InChI is InChI=1S/C34H36N2O4/c1-19-11-12-20(2)25(15-19)32-31(34(38)36-26-10-8-7-9-21(26)3)22(4)35-27-16-24(17-28(37)33(27)32)23-13-14-29(39-5)30(18-23)40-6/h7-15,18,24,32,35H,16-17H2,1-6H3,(H,36,38)/t24-,32+/m0/s1. The summed E-state index contributed by atoms with van der Waals surface area (Å²) in [4.78, 5) is 28.0. The van der Waals surface area contributed by atoms with E-state index in [-0.39, 0.29) is 17.6 Å². The van der Waals surface area contributed by atoms with Crippen molar-refractivity contribution in [1.29, 1.82) is 0 Å². The zero-order valence-corrected chi connectivity index (χ0v) is 24.0. The SMILES string of the molecule is COc1ccc([C@@H]2CC(=O)C3=C(C2)NC(C)=C(C(=O)Nc2ccccc2C)[C@H]3c2cc(C)ccc2C)cc1OC. The fraction of sp³-hybridized carbons (Fsp3) is 0.294. The number of benzene rings is 3. The van der Waals surface area contributed by atoms with Gasteiger partial charge in [0, 0.05) is 40.6 Å². The van der Waals surface area contributed by atoms with Gasteiger partial charge in [-0.2, -0.15) is 0 Å². The maximum Gasteiger partial charge on any atom is 0.254 e. The smallest absolute Gasteiger partial charge is 0.254 e. The number of amides is 1. The highest BCUT2D eigenvalue weighted by atomic mass is 16.5. The monoisotopic (exact) mass is 536 g/mol. The van der Waals surface area contributed by atoms with Crippen molar-refractivity contribution in [1.82, 2.24) is 5.32 Å². The zero-order valence-electron chi connectivity index (χ0n) is 24.0. The minimum atomic E-state index is -0.459. The van der Waals surface area contributed by atoms with E-state index in [4.69, 9.17) is 9.47 Å². The molecule has 1 amide bonds. The third-order valence-corrected chi connectivity index (χ3v) is 8.09. The summed E-state index contributed by atoms with van der Waals surface area (Å²) in [6.07, 6.45) is 1.01. The van der Waals surface area contributed by atoms with E-state index in [0.29, 0.717) is 35.5 Å². The van der Waals surface area contributed by atoms with Crippen LogP contribution in [0, 0.1) is 20.8 Å². The van der Waals surface area contributed by atoms with E-state index in [1.807, 2.05) is 70.2 Å². The lowest BCUT2D eigenvalue weighted by Crippen LogP contribution is -2.37. The number of allylic oxidation sites excluding steroid dienone is 3. The summed E-state index contributed by atoms with van der Waals surface area (Å²) in [6, 6.07) is 19.8. The molecule has 40 heavy (non-hydrogen) atoms. The van der Waals surface area contributed by atoms with Gasteiger partial charge in [-0.1, -0.05) is 48.0 Å². The van der Waals surface area contributed by atoms with Gasteiger partial charge in [0.25, 0.3) is 5.91 Å². The van der Waals surface area contributed by atoms with Crippen molar-refractivity contribution in [3.8, 4) is 11.5 Å². The van der Waals surface area contributed by atoms with Gasteiger partial charge in [-0.15, -0.1) is 0 Å². The Kier molecular flexibility index (Phi) is 7.53. The van der Waals surface area contributed by atoms with E-state index < -0.39 is 5.92 Å². The Morgan fingerprint density at radius 3 is 2.35 bits per heavy atom. The largest absolute Gasteiger partial charge is 0.493 e. The van der Waals surface area contributed by atoms with Gasteiger partial charge < -0.3 is 20.1 Å². The Morgan fingerprint density at radius 1 is 0.875 bits per heavy atom. The number of hydrogen-bond acceptors (Lipinski definition) is 5. The lowest BCUT2D eigenvalue weighted by atomic mass is 9.70. The van der Waals surface area contributed by atoms with Crippen molar-refractivity contribution in [2.45, 2.75) is 52.4 Å². The molecule has 0 spiro atoms. The number of ether oxygens (including phenoxy) is 2. The maximum absolute atomic E-state index is 14.0. The van der Waals surface area contributed by atoms with Crippen LogP contribution in [0.5, 0.6) is 11.5 Å². The molecule has 1 aliphatic heterocycles. The molecule has 0 unspecified atom stereocenters. The summed E-state index contributed by atoms with van der Waals surface area (Å²) in [5.74, 6) is 0.664. The van der Waals surface area contributed by atoms with Gasteiger partial charge in [0.15, 0.2) is 17.3 Å². The van der Waals surface area contributed by atoms with Crippen LogP contribution in [0.1, 0.15) is 59.4 Å². The van der Waals surface area contributed by atoms with Crippen LogP contribution in [-0.2, 0) is 9.59 Å². The summed E-state index contributed by atoms with van der Waals surface area (Å²) in [5, 5.41) is 6.60. The molecule has 2 N–H and O–H groups in total. The van der Waals surface area contributed by atoms with Crippen LogP contribution in [0.4, 0.5) is 5.69 Å². The molecule has 0 saturated heterocycles. The van der Waals surface area contributed by atoms with Crippen molar-refractivity contribution in [2.24, 2.45) is 0 Å². The number of Topliss-reactive ketones (excluding diaryl/α,β-unsaturated/α-hetero) is 1. The van der Waals surface area contributed by atoms with Gasteiger partial charge in [0.05, 0.1) is 14.2 Å². The van der Waals surface area contributed by atoms with E-state index >= 15 is 0 Å². The van der Waals surface area contributed by atoms with E-state index in [1.165, 1.54) is 0 Å². The second-order valence-corrected chi connectivity index (χ2v) is 10.8. The van der Waals surface area contributed by atoms with Gasteiger partial charge >= 0.3 is 0 Å². The molecule has 0 saturated carbocycles. The Labute approximate surface area is 236 Å². The number of methoxy groups -OCH3 is 2. The van der Waals surface area contributed by atoms with E-state index in [2.05, 4.69) is 28.8 Å². The molecule has 5 rings (SSSR count). The van der Waals surface area contributed by atoms with Gasteiger partial charge in [0.2, 0.25) is 0 Å². The first-order valence-electron chi connectivity index (χ1n) is 13.6. The third kappa shape index (κ3) is 5.02. The summed E-state index contributed by atoms with van der Waals surface area (Å²) in [6.45, 7) is 7.98. The third-order valence-electron chi connectivity index (χ3n) is 8.09. The summed E-state index contributed by atoms with van der Waals surface area (Å²) >= 11 is 0. The minimum absolute atomic E-state index is 0.0204. The first-order valence-corrected chi connectivity index (χ1v) is 13.6. The number of anilines is 1. The molecule has 0 fully saturated rings. The highest BCUT2D eigenvalue weighted by Crippen LogP contribution is 2.47. The number of dihydropyridines is 1. The molecule has 1 heterocycles. The highest BCUT2D eigenvalue weighted by molar-refractivity contribution is 6.10. The number of rotatable bonds is 6. The van der Waals surface area contributed by atoms with E-state index in [0.717, 1.165) is 44.9 Å². The molecule has 6 nitrogen and oxygen atoms in total. The molecule has 2 atom stereocenters. The molecule has 2 aliphatic rings. The summed E-state index contributed by atoms with van der Waals surface area (Å²) in [5.41, 5.74) is 8.79. The van der Waals surface area contributed by atoms with E-state index in [1.54, 1.807) is 14.2 Å². The number of ketones is 1. The Hall–Kier alpha value is -4.32. The Balaban J connectivity index is 1.58. The molecule has 0 radical (unpaired) electrons. The second-order valence-electron chi connectivity index (χ2n) is 10.8. The second kappa shape index (κ2) is 11.0. The first-order chi connectivity index (χ1) is 19.2. The molecule has 6 heteroatoms. The molecule has 0 bridgehead atoms. The number of nitrogens with one attached hydrogen (secondary N) is 2. The Morgan fingerprint density at radius 2 is 1.62 bits per heavy atom. The molecule has 3 aromatic carbocycles. The van der Waals surface area contributed by atoms with Crippen LogP contribution in [0.15, 0.2) is 83.2 Å². The fourth-order valence-corrected chi connectivity index (χ4v) is 5.97. The average Bonchev–Trinajstić information content (AvgIpc) is 2.94. The van der Waals surface area contributed by atoms with Gasteiger partial charge in [-0.25, -0.2) is 0 Å². The molecular formula is C34H36N2O4. The number of hydrogen-bond donors (Lipinski definition) is 2. The van der Waals surface area contributed by atoms with Crippen LogP contribution >= 0.6 is 0 Å². The molecule has 1 aliphatic carbocycles. The first kappa shape index (κ1) is 27.3. The number of aryl methyl sites for hydroxylation is 3. The number of carbonyl (C=O) groups excluding carboxylic acids is 2. The summed E-state index contributed by atoms with van der Waals surface area (Å²) < 4.78 is 10.9. The van der Waals surface area contributed by atoms with Gasteiger partial charge in [0.1, 0.15) is 0 Å². The molecular weight excluding hydrogens is 500 g/mol. The van der Waals surface area contributed by atoms with Gasteiger partial charge in [-0.3, -0.25) is 9.59 Å². The van der Waals surface area contributed by atoms with E-state index in [9.17, 15) is 9.59 Å². The van der Waals surface area contributed by atoms with Crippen LogP contribution in [0.25, 0.3) is 0 Å².